The lowest BCUT2D eigenvalue weighted by molar-refractivity contribution is 0.342. The van der Waals surface area contributed by atoms with Crippen molar-refractivity contribution in [2.24, 2.45) is 0 Å². The third kappa shape index (κ3) is 17.2. The van der Waals surface area contributed by atoms with Gasteiger partial charge in [-0.15, -0.1) is 0 Å². The fourth-order valence-corrected chi connectivity index (χ4v) is 7.74. The standard InChI is InChI=1S/C46H78O4/c1-7-9-11-13-14-15-16-17-18-19-20-23-29-34-41-37-38-42(46(50-6)45(41)49-5)39(31-26-22-12-10-8-2)32-27-24-21-25-28-33-40-35-30-36-43(47-3)44(40)48-4/h30,35-39H,7-29,31-34H2,1-6H3. The molecule has 0 aromatic heterocycles. The van der Waals surface area contributed by atoms with Crippen molar-refractivity contribution < 1.29 is 18.9 Å². The highest BCUT2D eigenvalue weighted by Crippen LogP contribution is 2.42. The molecule has 0 amide bonds. The lowest BCUT2D eigenvalue weighted by Crippen LogP contribution is -2.06. The van der Waals surface area contributed by atoms with Crippen LogP contribution in [0.3, 0.4) is 0 Å². The lowest BCUT2D eigenvalue weighted by atomic mass is 9.86. The molecular weight excluding hydrogens is 617 g/mol. The van der Waals surface area contributed by atoms with E-state index < -0.39 is 0 Å². The van der Waals surface area contributed by atoms with Gasteiger partial charge in [0.15, 0.2) is 23.0 Å². The van der Waals surface area contributed by atoms with Crippen molar-refractivity contribution in [2.45, 2.75) is 193 Å². The largest absolute Gasteiger partial charge is 0.493 e. The first-order valence-corrected chi connectivity index (χ1v) is 21.1. The molecule has 2 aromatic rings. The average Bonchev–Trinajstić information content (AvgIpc) is 3.14. The van der Waals surface area contributed by atoms with E-state index in [1.54, 1.807) is 14.2 Å². The van der Waals surface area contributed by atoms with Crippen LogP contribution in [0, 0.1) is 0 Å². The highest BCUT2D eigenvalue weighted by atomic mass is 16.5. The zero-order chi connectivity index (χ0) is 36.1. The van der Waals surface area contributed by atoms with Crippen LogP contribution in [0.4, 0.5) is 0 Å². The molecule has 0 saturated heterocycles. The van der Waals surface area contributed by atoms with Gasteiger partial charge in [0.1, 0.15) is 0 Å². The van der Waals surface area contributed by atoms with Crippen LogP contribution in [0.25, 0.3) is 0 Å². The van der Waals surface area contributed by atoms with Crippen LogP contribution in [-0.2, 0) is 12.8 Å². The van der Waals surface area contributed by atoms with Crippen molar-refractivity contribution in [1.29, 1.82) is 0 Å². The molecule has 2 rings (SSSR count). The maximum atomic E-state index is 6.15. The molecule has 50 heavy (non-hydrogen) atoms. The first kappa shape index (κ1) is 43.8. The van der Waals surface area contributed by atoms with Crippen LogP contribution in [0.2, 0.25) is 0 Å². The summed E-state index contributed by atoms with van der Waals surface area (Å²) in [7, 11) is 7.11. The fourth-order valence-electron chi connectivity index (χ4n) is 7.74. The van der Waals surface area contributed by atoms with Crippen LogP contribution >= 0.6 is 0 Å². The third-order valence-corrected chi connectivity index (χ3v) is 10.8. The van der Waals surface area contributed by atoms with E-state index in [2.05, 4.69) is 38.1 Å². The van der Waals surface area contributed by atoms with E-state index in [-0.39, 0.29) is 0 Å². The number of hydrogen-bond acceptors (Lipinski definition) is 4. The van der Waals surface area contributed by atoms with E-state index in [0.717, 1.165) is 35.8 Å². The number of aryl methyl sites for hydroxylation is 2. The van der Waals surface area contributed by atoms with Gasteiger partial charge in [0.2, 0.25) is 0 Å². The maximum absolute atomic E-state index is 6.15. The highest BCUT2D eigenvalue weighted by Gasteiger charge is 2.21. The van der Waals surface area contributed by atoms with Gasteiger partial charge in [-0.25, -0.2) is 0 Å². The predicted molar refractivity (Wildman–Crippen MR) is 216 cm³/mol. The molecule has 1 unspecified atom stereocenters. The summed E-state index contributed by atoms with van der Waals surface area (Å²) < 4.78 is 23.4. The van der Waals surface area contributed by atoms with Crippen LogP contribution in [0.15, 0.2) is 30.3 Å². The Bertz CT molecular complexity index is 1100. The number of para-hydroxylation sites is 1. The van der Waals surface area contributed by atoms with E-state index >= 15 is 0 Å². The van der Waals surface area contributed by atoms with Gasteiger partial charge in [0.25, 0.3) is 0 Å². The van der Waals surface area contributed by atoms with E-state index in [0.29, 0.717) is 5.92 Å². The molecule has 0 aliphatic heterocycles. The lowest BCUT2D eigenvalue weighted by Gasteiger charge is -2.23. The summed E-state index contributed by atoms with van der Waals surface area (Å²) in [4.78, 5) is 0. The molecule has 0 N–H and O–H groups in total. The van der Waals surface area contributed by atoms with Crippen LogP contribution < -0.4 is 18.9 Å². The molecule has 0 bridgehead atoms. The number of hydrogen-bond donors (Lipinski definition) is 0. The fraction of sp³-hybridized carbons (Fsp3) is 0.739. The molecule has 4 heteroatoms. The Morgan fingerprint density at radius 1 is 0.400 bits per heavy atom. The number of ether oxygens (including phenoxy) is 4. The number of benzene rings is 2. The summed E-state index contributed by atoms with van der Waals surface area (Å²) in [6, 6.07) is 10.9. The summed E-state index contributed by atoms with van der Waals surface area (Å²) in [5, 5.41) is 0. The second kappa shape index (κ2) is 29.2. The highest BCUT2D eigenvalue weighted by molar-refractivity contribution is 5.53. The molecule has 1 atom stereocenters. The molecule has 286 valence electrons. The average molecular weight is 695 g/mol. The first-order chi connectivity index (χ1) is 24.6. The van der Waals surface area contributed by atoms with Gasteiger partial charge in [-0.05, 0) is 61.6 Å². The molecule has 4 nitrogen and oxygen atoms in total. The van der Waals surface area contributed by atoms with Crippen molar-refractivity contribution in [2.75, 3.05) is 28.4 Å². The minimum Gasteiger partial charge on any atom is -0.493 e. The molecule has 0 spiro atoms. The Balaban J connectivity index is 1.85. The maximum Gasteiger partial charge on any atom is 0.164 e. The van der Waals surface area contributed by atoms with Gasteiger partial charge in [0.05, 0.1) is 28.4 Å². The third-order valence-electron chi connectivity index (χ3n) is 10.8. The Kier molecular flexibility index (Phi) is 25.6. The Morgan fingerprint density at radius 2 is 0.820 bits per heavy atom. The molecule has 0 aliphatic rings. The molecular formula is C46H78O4. The topological polar surface area (TPSA) is 36.9 Å². The summed E-state index contributed by atoms with van der Waals surface area (Å²) in [6.45, 7) is 4.60. The zero-order valence-electron chi connectivity index (χ0n) is 33.7. The monoisotopic (exact) mass is 695 g/mol. The summed E-state index contributed by atoms with van der Waals surface area (Å²) in [5.41, 5.74) is 3.91. The van der Waals surface area contributed by atoms with Crippen LogP contribution in [0.1, 0.15) is 197 Å². The second-order valence-electron chi connectivity index (χ2n) is 14.7. The van der Waals surface area contributed by atoms with Gasteiger partial charge in [-0.2, -0.15) is 0 Å². The number of methoxy groups -OCH3 is 4. The van der Waals surface area contributed by atoms with Gasteiger partial charge in [0, 0.05) is 5.56 Å². The van der Waals surface area contributed by atoms with Gasteiger partial charge in [-0.1, -0.05) is 173 Å². The number of unbranched alkanes of at least 4 members (excludes halogenated alkanes) is 20. The molecule has 0 saturated carbocycles. The Morgan fingerprint density at radius 3 is 1.26 bits per heavy atom. The zero-order valence-corrected chi connectivity index (χ0v) is 33.7. The van der Waals surface area contributed by atoms with Crippen molar-refractivity contribution in [3.05, 3.63) is 47.0 Å². The van der Waals surface area contributed by atoms with Crippen molar-refractivity contribution in [3.8, 4) is 23.0 Å². The molecule has 0 fully saturated rings. The number of rotatable bonds is 33. The molecule has 2 aromatic carbocycles. The van der Waals surface area contributed by atoms with Gasteiger partial charge in [-0.3, -0.25) is 0 Å². The minimum absolute atomic E-state index is 0.520. The van der Waals surface area contributed by atoms with E-state index in [4.69, 9.17) is 18.9 Å². The van der Waals surface area contributed by atoms with Gasteiger partial charge < -0.3 is 18.9 Å². The van der Waals surface area contributed by atoms with Crippen molar-refractivity contribution in [3.63, 3.8) is 0 Å². The Hall–Kier alpha value is -2.36. The van der Waals surface area contributed by atoms with E-state index in [1.807, 2.05) is 20.3 Å². The quantitative estimate of drug-likeness (QED) is 0.0697. The minimum atomic E-state index is 0.520. The van der Waals surface area contributed by atoms with Crippen molar-refractivity contribution >= 4 is 0 Å². The smallest absolute Gasteiger partial charge is 0.164 e. The SMILES string of the molecule is CCCCCCCCCCCCCCCc1ccc(C(CCCCCCC)CCCCCCCc2cccc(OC)c2OC)c(OC)c1OC. The van der Waals surface area contributed by atoms with Crippen LogP contribution in [0.5, 0.6) is 23.0 Å². The van der Waals surface area contributed by atoms with E-state index in [1.165, 1.54) is 177 Å². The van der Waals surface area contributed by atoms with E-state index in [9.17, 15) is 0 Å². The first-order valence-electron chi connectivity index (χ1n) is 21.1. The van der Waals surface area contributed by atoms with Crippen LogP contribution in [-0.4, -0.2) is 28.4 Å². The summed E-state index contributed by atoms with van der Waals surface area (Å²) in [6.07, 6.45) is 35.4. The molecule has 0 heterocycles. The summed E-state index contributed by atoms with van der Waals surface area (Å²) in [5.74, 6) is 4.20. The predicted octanol–water partition coefficient (Wildman–Crippen LogP) is 14.4. The normalized spacial score (nSPS) is 11.9. The van der Waals surface area contributed by atoms with Crippen molar-refractivity contribution in [1.82, 2.24) is 0 Å². The van der Waals surface area contributed by atoms with Gasteiger partial charge >= 0.3 is 0 Å². The second-order valence-corrected chi connectivity index (χ2v) is 14.7. The Labute approximate surface area is 309 Å². The molecule has 0 radical (unpaired) electrons. The summed E-state index contributed by atoms with van der Waals surface area (Å²) >= 11 is 0. The molecule has 0 aliphatic carbocycles.